The van der Waals surface area contributed by atoms with Crippen molar-refractivity contribution in [1.29, 1.82) is 0 Å². The van der Waals surface area contributed by atoms with Gasteiger partial charge in [-0.3, -0.25) is 0 Å². The summed E-state index contributed by atoms with van der Waals surface area (Å²) in [5.74, 6) is 0. The molecular weight excluding hydrogens is 185 g/mol. The average molecular weight is 187 g/mol. The van der Waals surface area contributed by atoms with Crippen LogP contribution in [0.1, 0.15) is 0 Å². The second kappa shape index (κ2) is 32.9. The van der Waals surface area contributed by atoms with Gasteiger partial charge in [0.15, 0.2) is 0 Å². The summed E-state index contributed by atoms with van der Waals surface area (Å²) in [5.41, 5.74) is 0. The van der Waals surface area contributed by atoms with Crippen molar-refractivity contribution in [3.63, 3.8) is 0 Å². The Bertz CT molecular complexity index is 6.00. The number of rotatable bonds is 0. The number of hydrogen-bond acceptors (Lipinski definition) is 0. The maximum absolute atomic E-state index is 0. The molecule has 0 saturated carbocycles. The van der Waals surface area contributed by atoms with Gasteiger partial charge in [0.25, 0.3) is 0 Å². The van der Waals surface area contributed by atoms with Crippen molar-refractivity contribution < 1.29 is 39.4 Å². The summed E-state index contributed by atoms with van der Waals surface area (Å²) in [6.45, 7) is 0. The SMILES string of the molecule is O.[Be+2].[Br-].[Br-]. The van der Waals surface area contributed by atoms with Crippen molar-refractivity contribution in [3.05, 3.63) is 0 Å². The Morgan fingerprint density at radius 2 is 0.750 bits per heavy atom. The quantitative estimate of drug-likeness (QED) is 0.337. The van der Waals surface area contributed by atoms with Gasteiger partial charge in [-0.1, -0.05) is 0 Å². The molecule has 0 aromatic rings. The first-order chi connectivity index (χ1) is 0. The first-order valence-corrected chi connectivity index (χ1v) is 0. The van der Waals surface area contributed by atoms with Crippen LogP contribution in [0.5, 0.6) is 0 Å². The van der Waals surface area contributed by atoms with Gasteiger partial charge in [0.05, 0.1) is 0 Å². The topological polar surface area (TPSA) is 31.5 Å². The van der Waals surface area contributed by atoms with Crippen molar-refractivity contribution in [3.8, 4) is 0 Å². The van der Waals surface area contributed by atoms with E-state index in [-0.39, 0.29) is 49.6 Å². The third-order valence-electron chi connectivity index (χ3n) is 0. The molecule has 0 saturated heterocycles. The van der Waals surface area contributed by atoms with Crippen molar-refractivity contribution >= 4 is 10.1 Å². The molecule has 0 fully saturated rings. The summed E-state index contributed by atoms with van der Waals surface area (Å²) in [6.07, 6.45) is 0. The molecule has 0 heterocycles. The Balaban J connectivity index is 0. The Morgan fingerprint density at radius 3 is 0.750 bits per heavy atom. The minimum absolute atomic E-state index is 0. The van der Waals surface area contributed by atoms with E-state index in [2.05, 4.69) is 0 Å². The van der Waals surface area contributed by atoms with Gasteiger partial charge in [-0.2, -0.15) is 0 Å². The summed E-state index contributed by atoms with van der Waals surface area (Å²) in [7, 11) is 0. The molecule has 1 nitrogen and oxygen atoms in total. The predicted octanol–water partition coefficient (Wildman–Crippen LogP) is -7.20. The van der Waals surface area contributed by atoms with Crippen LogP contribution in [0.2, 0.25) is 0 Å². The smallest absolute Gasteiger partial charge is 1.00 e. The first kappa shape index (κ1) is 71.8. The molecule has 0 radical (unpaired) electrons. The molecule has 0 aliphatic heterocycles. The van der Waals surface area contributed by atoms with Gasteiger partial charge in [0.1, 0.15) is 0 Å². The van der Waals surface area contributed by atoms with Crippen LogP contribution in [0.3, 0.4) is 0 Å². The largest absolute Gasteiger partial charge is 2.00 e. The third-order valence-corrected chi connectivity index (χ3v) is 0. The Morgan fingerprint density at radius 1 is 0.750 bits per heavy atom. The molecule has 0 amide bonds. The van der Waals surface area contributed by atoms with E-state index in [0.717, 1.165) is 0 Å². The van der Waals surface area contributed by atoms with Crippen LogP contribution in [-0.2, 0) is 0 Å². The fourth-order valence-electron chi connectivity index (χ4n) is 0. The summed E-state index contributed by atoms with van der Waals surface area (Å²) >= 11 is 0. The Kier molecular flexibility index (Phi) is 590. The minimum Gasteiger partial charge on any atom is -1.00 e. The van der Waals surface area contributed by atoms with E-state index in [1.54, 1.807) is 0 Å². The summed E-state index contributed by atoms with van der Waals surface area (Å²) in [4.78, 5) is 0. The molecule has 0 spiro atoms. The van der Waals surface area contributed by atoms with Crippen molar-refractivity contribution in [2.75, 3.05) is 0 Å². The maximum Gasteiger partial charge on any atom is 2.00 e. The van der Waals surface area contributed by atoms with E-state index < -0.39 is 0 Å². The Labute approximate surface area is 49.8 Å². The molecule has 0 aliphatic rings. The predicted molar refractivity (Wildman–Crippen MR) is 9.37 cm³/mol. The van der Waals surface area contributed by atoms with Crippen molar-refractivity contribution in [1.82, 2.24) is 0 Å². The fraction of sp³-hybridized carbons (Fsp3) is 0. The number of halogens is 2. The summed E-state index contributed by atoms with van der Waals surface area (Å²) in [5, 5.41) is 0. The average Bonchev–Trinajstić information content (AvgIpc) is 0. The Hall–Kier alpha value is 1.09. The van der Waals surface area contributed by atoms with Gasteiger partial charge in [-0.05, 0) is 0 Å². The van der Waals surface area contributed by atoms with E-state index in [9.17, 15) is 0 Å². The number of hydrogen-bond donors (Lipinski definition) is 0. The van der Waals surface area contributed by atoms with E-state index in [0.29, 0.717) is 0 Å². The van der Waals surface area contributed by atoms with Crippen LogP contribution in [0.25, 0.3) is 0 Å². The van der Waals surface area contributed by atoms with Gasteiger partial charge in [0.2, 0.25) is 0 Å². The second-order valence-electron chi connectivity index (χ2n) is 0. The first-order valence-electron chi connectivity index (χ1n) is 0. The molecule has 24 valence electrons. The van der Waals surface area contributed by atoms with Crippen LogP contribution in [0.4, 0.5) is 0 Å². The molecule has 0 atom stereocenters. The van der Waals surface area contributed by atoms with Crippen molar-refractivity contribution in [2.45, 2.75) is 0 Å². The van der Waals surface area contributed by atoms with Gasteiger partial charge in [0, 0.05) is 0 Å². The summed E-state index contributed by atoms with van der Waals surface area (Å²) < 4.78 is 0. The standard InChI is InChI=1S/Be.2BrH.H2O/h;2*1H;1H2/q+2;;;/p-2. The van der Waals surface area contributed by atoms with Crippen LogP contribution < -0.4 is 34.0 Å². The fourth-order valence-corrected chi connectivity index (χ4v) is 0. The third kappa shape index (κ3) is 11.4. The normalized spacial score (nSPS) is 0. The molecule has 4 heavy (non-hydrogen) atoms. The van der Waals surface area contributed by atoms with Crippen LogP contribution in [0, 0.1) is 0 Å². The van der Waals surface area contributed by atoms with Crippen molar-refractivity contribution in [2.24, 2.45) is 0 Å². The van der Waals surface area contributed by atoms with Crippen LogP contribution in [-0.4, -0.2) is 15.6 Å². The minimum atomic E-state index is 0. The summed E-state index contributed by atoms with van der Waals surface area (Å²) in [6, 6.07) is 0. The molecule has 0 unspecified atom stereocenters. The van der Waals surface area contributed by atoms with Gasteiger partial charge in [-0.25, -0.2) is 0 Å². The molecular formula is H2BeBr2O. The van der Waals surface area contributed by atoms with Gasteiger partial charge >= 0.3 is 10.1 Å². The molecule has 0 rings (SSSR count). The zero-order chi connectivity index (χ0) is 0. The van der Waals surface area contributed by atoms with E-state index in [4.69, 9.17) is 0 Å². The molecule has 0 bridgehead atoms. The van der Waals surface area contributed by atoms with Gasteiger partial charge in [-0.15, -0.1) is 0 Å². The van der Waals surface area contributed by atoms with Crippen LogP contribution >= 0.6 is 0 Å². The zero-order valence-electron chi connectivity index (χ0n) is 1.96. The monoisotopic (exact) mass is 185 g/mol. The molecule has 0 aromatic carbocycles. The maximum atomic E-state index is 0. The van der Waals surface area contributed by atoms with E-state index in [1.165, 1.54) is 0 Å². The zero-order valence-corrected chi connectivity index (χ0v) is 5.14. The molecule has 2 N–H and O–H groups in total. The molecule has 4 heteroatoms. The second-order valence-corrected chi connectivity index (χ2v) is 0. The molecule has 0 aromatic heterocycles. The van der Waals surface area contributed by atoms with Crippen LogP contribution in [0.15, 0.2) is 0 Å². The molecule has 0 aliphatic carbocycles. The van der Waals surface area contributed by atoms with E-state index >= 15 is 0 Å². The van der Waals surface area contributed by atoms with Gasteiger partial charge < -0.3 is 39.4 Å². The van der Waals surface area contributed by atoms with E-state index in [1.807, 2.05) is 0 Å².